The molecule has 0 fully saturated rings. The van der Waals surface area contributed by atoms with Gasteiger partial charge in [0.05, 0.1) is 28.8 Å². The van der Waals surface area contributed by atoms with Gasteiger partial charge in [0.15, 0.2) is 0 Å². The number of alkyl halides is 2. The van der Waals surface area contributed by atoms with Crippen LogP contribution < -0.4 is 4.74 Å². The summed E-state index contributed by atoms with van der Waals surface area (Å²) < 4.78 is 33.6. The number of carbonyl (C=O) groups is 1. The van der Waals surface area contributed by atoms with Crippen LogP contribution in [0.25, 0.3) is 22.2 Å². The summed E-state index contributed by atoms with van der Waals surface area (Å²) in [5, 5.41) is 10.6. The van der Waals surface area contributed by atoms with E-state index >= 15 is 0 Å². The number of fused-ring (bicyclic) bond motifs is 10. The van der Waals surface area contributed by atoms with Crippen LogP contribution in [0.4, 0.5) is 8.78 Å². The highest BCUT2D eigenvalue weighted by Gasteiger charge is 2.45. The third-order valence-corrected chi connectivity index (χ3v) is 8.10. The number of ether oxygens (including phenoxy) is 1. The minimum atomic E-state index is -3.00. The van der Waals surface area contributed by atoms with Gasteiger partial charge in [-0.15, -0.1) is 0 Å². The van der Waals surface area contributed by atoms with Crippen molar-refractivity contribution in [1.82, 2.24) is 19.4 Å². The van der Waals surface area contributed by atoms with Crippen LogP contribution in [0, 0.1) is 0 Å². The third-order valence-electron chi connectivity index (χ3n) is 8.10. The topological polar surface area (TPSA) is 80.5 Å². The molecule has 2 aliphatic heterocycles. The zero-order chi connectivity index (χ0) is 25.6. The Morgan fingerprint density at radius 3 is 2.81 bits per heavy atom. The Morgan fingerprint density at radius 2 is 2.00 bits per heavy atom. The minimum absolute atomic E-state index is 0.0145. The summed E-state index contributed by atoms with van der Waals surface area (Å²) in [5.74, 6) is 0.510. The molecule has 7 nitrogen and oxygen atoms in total. The summed E-state index contributed by atoms with van der Waals surface area (Å²) in [6.45, 7) is -1.21. The molecule has 7 rings (SSSR count). The van der Waals surface area contributed by atoms with Crippen molar-refractivity contribution in [2.75, 3.05) is 7.05 Å². The van der Waals surface area contributed by atoms with E-state index in [4.69, 9.17) is 9.72 Å². The predicted octanol–water partition coefficient (Wildman–Crippen LogP) is 4.97. The number of rotatable bonds is 3. The summed E-state index contributed by atoms with van der Waals surface area (Å²) in [6.07, 6.45) is 3.71. The normalized spacial score (nSPS) is 23.8. The molecule has 4 heterocycles. The van der Waals surface area contributed by atoms with Gasteiger partial charge in [-0.2, -0.15) is 8.78 Å². The lowest BCUT2D eigenvalue weighted by Gasteiger charge is -2.24. The number of aliphatic hydroxyl groups is 1. The van der Waals surface area contributed by atoms with Crippen molar-refractivity contribution < 1.29 is 23.4 Å². The Balaban J connectivity index is 1.41. The van der Waals surface area contributed by atoms with Gasteiger partial charge in [-0.3, -0.25) is 9.78 Å². The number of hydrogen-bond donors (Lipinski definition) is 1. The first-order valence-corrected chi connectivity index (χ1v) is 12.3. The van der Waals surface area contributed by atoms with Gasteiger partial charge in [-0.25, -0.2) is 4.98 Å². The Labute approximate surface area is 211 Å². The first-order valence-electron chi connectivity index (χ1n) is 12.3. The zero-order valence-corrected chi connectivity index (χ0v) is 20.3. The van der Waals surface area contributed by atoms with Crippen LogP contribution >= 0.6 is 0 Å². The van der Waals surface area contributed by atoms with Crippen molar-refractivity contribution in [3.63, 3.8) is 0 Å². The number of pyridine rings is 1. The molecule has 188 valence electrons. The average Bonchev–Trinajstić information content (AvgIpc) is 3.50. The van der Waals surface area contributed by atoms with Crippen molar-refractivity contribution >= 4 is 16.9 Å². The molecule has 4 aromatic rings. The molecular weight excluding hydrogens is 478 g/mol. The number of carbonyl (C=O) groups excluding carboxylic acids is 1. The lowest BCUT2D eigenvalue weighted by atomic mass is 9.97. The van der Waals surface area contributed by atoms with Gasteiger partial charge in [-0.05, 0) is 61.2 Å². The highest BCUT2D eigenvalue weighted by molar-refractivity contribution is 5.98. The van der Waals surface area contributed by atoms with Crippen molar-refractivity contribution in [1.29, 1.82) is 0 Å². The molecule has 1 N–H and O–H groups in total. The zero-order valence-electron chi connectivity index (χ0n) is 20.3. The maximum Gasteiger partial charge on any atom is 0.387 e. The van der Waals surface area contributed by atoms with Gasteiger partial charge < -0.3 is 19.3 Å². The van der Waals surface area contributed by atoms with Crippen LogP contribution in [-0.2, 0) is 12.0 Å². The minimum Gasteiger partial charge on any atom is -0.434 e. The first kappa shape index (κ1) is 22.4. The quantitative estimate of drug-likeness (QED) is 0.428. The molecule has 0 radical (unpaired) electrons. The molecule has 1 amide bonds. The lowest BCUT2D eigenvalue weighted by Crippen LogP contribution is -2.30. The molecule has 0 saturated heterocycles. The van der Waals surface area contributed by atoms with Gasteiger partial charge in [0.2, 0.25) is 0 Å². The second-order valence-corrected chi connectivity index (χ2v) is 10.3. The van der Waals surface area contributed by atoms with Gasteiger partial charge in [-0.1, -0.05) is 12.1 Å². The van der Waals surface area contributed by atoms with E-state index < -0.39 is 12.2 Å². The monoisotopic (exact) mass is 502 g/mol. The van der Waals surface area contributed by atoms with Crippen LogP contribution in [-0.4, -0.2) is 44.1 Å². The Hall–Kier alpha value is -3.85. The average molecular weight is 503 g/mol. The molecule has 2 bridgehead atoms. The number of imidazole rings is 1. The molecule has 3 aliphatic rings. The highest BCUT2D eigenvalue weighted by Crippen LogP contribution is 2.50. The van der Waals surface area contributed by atoms with E-state index in [9.17, 15) is 18.7 Å². The maximum atomic E-state index is 13.3. The van der Waals surface area contributed by atoms with E-state index in [1.807, 2.05) is 18.2 Å². The maximum absolute atomic E-state index is 13.3. The number of hydrogen-bond acceptors (Lipinski definition) is 5. The van der Waals surface area contributed by atoms with E-state index in [-0.39, 0.29) is 23.7 Å². The fourth-order valence-electron chi connectivity index (χ4n) is 6.30. The van der Waals surface area contributed by atoms with E-state index in [1.54, 1.807) is 37.2 Å². The Bertz CT molecular complexity index is 1610. The van der Waals surface area contributed by atoms with Gasteiger partial charge in [0, 0.05) is 36.4 Å². The van der Waals surface area contributed by atoms with Gasteiger partial charge in [0.25, 0.3) is 5.91 Å². The van der Waals surface area contributed by atoms with E-state index in [0.717, 1.165) is 45.7 Å². The lowest BCUT2D eigenvalue weighted by molar-refractivity contribution is -0.0507. The van der Waals surface area contributed by atoms with Crippen molar-refractivity contribution in [3.8, 4) is 16.9 Å². The number of nitrogens with zero attached hydrogens (tertiary/aromatic N) is 4. The Kier molecular flexibility index (Phi) is 4.58. The van der Waals surface area contributed by atoms with Crippen LogP contribution in [0.15, 0.2) is 48.7 Å². The summed E-state index contributed by atoms with van der Waals surface area (Å²) in [4.78, 5) is 24.4. The molecule has 0 saturated carbocycles. The molecule has 2 aromatic heterocycles. The van der Waals surface area contributed by atoms with Crippen LogP contribution in [0.2, 0.25) is 0 Å². The molecule has 9 heteroatoms. The first-order chi connectivity index (χ1) is 17.7. The number of aryl methyl sites for hydroxylation is 1. The van der Waals surface area contributed by atoms with Crippen LogP contribution in [0.1, 0.15) is 64.9 Å². The number of halogens is 2. The van der Waals surface area contributed by atoms with E-state index in [1.165, 1.54) is 6.07 Å². The third kappa shape index (κ3) is 3.16. The van der Waals surface area contributed by atoms with Crippen molar-refractivity contribution in [2.24, 2.45) is 0 Å². The Morgan fingerprint density at radius 1 is 1.16 bits per heavy atom. The predicted molar refractivity (Wildman–Crippen MR) is 132 cm³/mol. The molecule has 1 aliphatic carbocycles. The smallest absolute Gasteiger partial charge is 0.387 e. The summed E-state index contributed by atoms with van der Waals surface area (Å²) in [7, 11) is 1.73. The standard InChI is InChI=1S/C28H24F2N4O3/c1-28(36)9-8-15-10-16(13-31-24(15)28)14-6-7-18-19(11-14)34-20-12-21(25(34)32-18)33(2)26(35)17-4-3-5-22(23(17)20)37-27(29)30/h3-7,10-11,13,20-21,27,36H,8-9,12H2,1-2H3/t20-,21-,28?/m1/s1. The van der Waals surface area contributed by atoms with E-state index in [0.29, 0.717) is 24.0 Å². The van der Waals surface area contributed by atoms with Crippen LogP contribution in [0.3, 0.4) is 0 Å². The molecule has 2 aromatic carbocycles. The fraction of sp³-hybridized carbons (Fsp3) is 0.321. The number of amides is 1. The SMILES string of the molecule is CN1C(=O)c2cccc(OC(F)F)c2[C@H]2C[C@@H]1c1nc3ccc(-c4cnc5c(c4)CCC5(C)O)cc3n12. The molecule has 0 spiro atoms. The summed E-state index contributed by atoms with van der Waals surface area (Å²) >= 11 is 0. The van der Waals surface area contributed by atoms with Crippen LogP contribution in [0.5, 0.6) is 5.75 Å². The highest BCUT2D eigenvalue weighted by atomic mass is 19.3. The summed E-state index contributed by atoms with van der Waals surface area (Å²) in [5.41, 5.74) is 5.18. The number of aromatic nitrogens is 3. The summed E-state index contributed by atoms with van der Waals surface area (Å²) in [6, 6.07) is 12.1. The van der Waals surface area contributed by atoms with E-state index in [2.05, 4.69) is 15.6 Å². The largest absolute Gasteiger partial charge is 0.434 e. The second-order valence-electron chi connectivity index (χ2n) is 10.3. The van der Waals surface area contributed by atoms with Gasteiger partial charge >= 0.3 is 6.61 Å². The molecule has 37 heavy (non-hydrogen) atoms. The molecular formula is C28H24F2N4O3. The number of benzene rings is 2. The molecule has 3 atom stereocenters. The fourth-order valence-corrected chi connectivity index (χ4v) is 6.30. The molecule has 1 unspecified atom stereocenters. The van der Waals surface area contributed by atoms with Gasteiger partial charge in [0.1, 0.15) is 17.2 Å². The van der Waals surface area contributed by atoms with Crippen molar-refractivity contribution in [3.05, 3.63) is 76.9 Å². The second kappa shape index (κ2) is 7.58. The van der Waals surface area contributed by atoms with Crippen molar-refractivity contribution in [2.45, 2.75) is 50.5 Å².